The van der Waals surface area contributed by atoms with Crippen molar-refractivity contribution in [3.05, 3.63) is 35.9 Å². The molecule has 1 aromatic rings. The summed E-state index contributed by atoms with van der Waals surface area (Å²) in [4.78, 5) is 0. The molecule has 96 valence electrons. The van der Waals surface area contributed by atoms with Crippen molar-refractivity contribution >= 4 is 0 Å². The number of methoxy groups -OCH3 is 1. The summed E-state index contributed by atoms with van der Waals surface area (Å²) < 4.78 is 16.2. The van der Waals surface area contributed by atoms with Crippen LogP contribution in [-0.4, -0.2) is 25.8 Å². The summed E-state index contributed by atoms with van der Waals surface area (Å²) in [6, 6.07) is 10.3. The first kappa shape index (κ1) is 14.2. The van der Waals surface area contributed by atoms with Crippen LogP contribution < -0.4 is 0 Å². The average molecular weight is 238 g/mol. The number of ether oxygens (including phenoxy) is 3. The Bertz CT molecular complexity index is 300. The van der Waals surface area contributed by atoms with Crippen molar-refractivity contribution in [2.24, 2.45) is 0 Å². The Hall–Kier alpha value is -0.900. The molecule has 1 aromatic carbocycles. The van der Waals surface area contributed by atoms with Crippen LogP contribution in [0, 0.1) is 0 Å². The molecule has 0 aliphatic rings. The Labute approximate surface area is 104 Å². The van der Waals surface area contributed by atoms with Crippen molar-refractivity contribution in [2.45, 2.75) is 45.9 Å². The summed E-state index contributed by atoms with van der Waals surface area (Å²) in [6.07, 6.45) is 0.504. The zero-order valence-corrected chi connectivity index (χ0v) is 11.1. The minimum Gasteiger partial charge on any atom is -0.356 e. The fourth-order valence-electron chi connectivity index (χ4n) is 1.68. The number of rotatable bonds is 7. The van der Waals surface area contributed by atoms with Crippen LogP contribution in [0.2, 0.25) is 0 Å². The summed E-state index contributed by atoms with van der Waals surface area (Å²) in [5.74, 6) is 0. The van der Waals surface area contributed by atoms with E-state index >= 15 is 0 Å². The van der Waals surface area contributed by atoms with Gasteiger partial charge >= 0.3 is 0 Å². The second-order valence-corrected chi connectivity index (χ2v) is 4.14. The van der Waals surface area contributed by atoms with Gasteiger partial charge in [-0.1, -0.05) is 30.3 Å². The van der Waals surface area contributed by atoms with E-state index < -0.39 is 0 Å². The molecule has 0 radical (unpaired) electrons. The largest absolute Gasteiger partial charge is 0.356 e. The lowest BCUT2D eigenvalue weighted by Gasteiger charge is -2.22. The van der Waals surface area contributed by atoms with Crippen molar-refractivity contribution in [1.82, 2.24) is 0 Å². The van der Waals surface area contributed by atoms with Crippen LogP contribution in [-0.2, 0) is 20.6 Å². The minimum absolute atomic E-state index is 0.122. The Morgan fingerprint density at radius 2 is 1.59 bits per heavy atom. The SMILES string of the molecule is COC(C)OC(C)OC(C)Cc1ccccc1. The molecular weight excluding hydrogens is 216 g/mol. The van der Waals surface area contributed by atoms with E-state index in [0.717, 1.165) is 6.42 Å². The van der Waals surface area contributed by atoms with Crippen molar-refractivity contribution in [1.29, 1.82) is 0 Å². The Morgan fingerprint density at radius 3 is 2.18 bits per heavy atom. The first-order chi connectivity index (χ1) is 8.11. The lowest BCUT2D eigenvalue weighted by Crippen LogP contribution is -2.26. The standard InChI is InChI=1S/C14H22O3/c1-11(10-14-8-6-5-7-9-14)16-13(3)17-12(2)15-4/h5-9,11-13H,10H2,1-4H3. The van der Waals surface area contributed by atoms with Crippen LogP contribution in [0.4, 0.5) is 0 Å². The van der Waals surface area contributed by atoms with E-state index in [-0.39, 0.29) is 18.7 Å². The van der Waals surface area contributed by atoms with Gasteiger partial charge in [-0.2, -0.15) is 0 Å². The second kappa shape index (κ2) is 7.43. The minimum atomic E-state index is -0.260. The predicted molar refractivity (Wildman–Crippen MR) is 67.7 cm³/mol. The molecule has 1 rings (SSSR count). The highest BCUT2D eigenvalue weighted by molar-refractivity contribution is 5.15. The molecule has 3 unspecified atom stereocenters. The molecule has 0 N–H and O–H groups in total. The summed E-state index contributed by atoms with van der Waals surface area (Å²) in [5, 5.41) is 0. The molecular formula is C14H22O3. The fraction of sp³-hybridized carbons (Fsp3) is 0.571. The molecule has 0 heterocycles. The molecule has 0 aliphatic carbocycles. The van der Waals surface area contributed by atoms with Gasteiger partial charge < -0.3 is 14.2 Å². The highest BCUT2D eigenvalue weighted by Gasteiger charge is 2.12. The van der Waals surface area contributed by atoms with Crippen molar-refractivity contribution in [2.75, 3.05) is 7.11 Å². The lowest BCUT2D eigenvalue weighted by atomic mass is 10.1. The molecule has 0 spiro atoms. The number of hydrogen-bond donors (Lipinski definition) is 0. The summed E-state index contributed by atoms with van der Waals surface area (Å²) in [5.41, 5.74) is 1.27. The fourth-order valence-corrected chi connectivity index (χ4v) is 1.68. The normalized spacial score (nSPS) is 16.5. The second-order valence-electron chi connectivity index (χ2n) is 4.14. The summed E-state index contributed by atoms with van der Waals surface area (Å²) in [7, 11) is 1.62. The maximum atomic E-state index is 5.72. The van der Waals surface area contributed by atoms with Gasteiger partial charge in [0.2, 0.25) is 0 Å². The van der Waals surface area contributed by atoms with Gasteiger partial charge in [0.05, 0.1) is 6.10 Å². The van der Waals surface area contributed by atoms with Gasteiger partial charge in [-0.05, 0) is 32.8 Å². The number of hydrogen-bond acceptors (Lipinski definition) is 3. The van der Waals surface area contributed by atoms with Crippen molar-refractivity contribution in [3.63, 3.8) is 0 Å². The molecule has 3 nitrogen and oxygen atoms in total. The Morgan fingerprint density at radius 1 is 0.941 bits per heavy atom. The van der Waals surface area contributed by atoms with Gasteiger partial charge in [0.15, 0.2) is 12.6 Å². The van der Waals surface area contributed by atoms with E-state index in [2.05, 4.69) is 12.1 Å². The summed E-state index contributed by atoms with van der Waals surface area (Å²) in [6.45, 7) is 5.78. The Balaban J connectivity index is 2.31. The van der Waals surface area contributed by atoms with E-state index in [1.165, 1.54) is 5.56 Å². The molecule has 0 aliphatic heterocycles. The predicted octanol–water partition coefficient (Wildman–Crippen LogP) is 2.99. The maximum absolute atomic E-state index is 5.72. The molecule has 0 saturated carbocycles. The smallest absolute Gasteiger partial charge is 0.158 e. The highest BCUT2D eigenvalue weighted by atomic mass is 16.8. The van der Waals surface area contributed by atoms with Crippen LogP contribution in [0.3, 0.4) is 0 Å². The summed E-state index contributed by atoms with van der Waals surface area (Å²) >= 11 is 0. The highest BCUT2D eigenvalue weighted by Crippen LogP contribution is 2.09. The zero-order valence-electron chi connectivity index (χ0n) is 11.1. The molecule has 0 amide bonds. The quantitative estimate of drug-likeness (QED) is 0.683. The average Bonchev–Trinajstić information content (AvgIpc) is 2.29. The van der Waals surface area contributed by atoms with Crippen LogP contribution in [0.5, 0.6) is 0 Å². The third kappa shape index (κ3) is 5.82. The Kier molecular flexibility index (Phi) is 6.19. The molecule has 0 saturated heterocycles. The maximum Gasteiger partial charge on any atom is 0.158 e. The van der Waals surface area contributed by atoms with Crippen LogP contribution in [0.15, 0.2) is 30.3 Å². The molecule has 17 heavy (non-hydrogen) atoms. The van der Waals surface area contributed by atoms with E-state index in [1.54, 1.807) is 7.11 Å². The monoisotopic (exact) mass is 238 g/mol. The van der Waals surface area contributed by atoms with E-state index in [4.69, 9.17) is 14.2 Å². The van der Waals surface area contributed by atoms with Crippen molar-refractivity contribution in [3.8, 4) is 0 Å². The van der Waals surface area contributed by atoms with E-state index in [9.17, 15) is 0 Å². The van der Waals surface area contributed by atoms with Gasteiger partial charge in [0.25, 0.3) is 0 Å². The van der Waals surface area contributed by atoms with E-state index in [1.807, 2.05) is 39.0 Å². The molecule has 0 aromatic heterocycles. The zero-order chi connectivity index (χ0) is 12.7. The third-order valence-corrected chi connectivity index (χ3v) is 2.51. The van der Waals surface area contributed by atoms with Crippen LogP contribution in [0.25, 0.3) is 0 Å². The first-order valence-corrected chi connectivity index (χ1v) is 5.99. The van der Waals surface area contributed by atoms with Gasteiger partial charge in [-0.15, -0.1) is 0 Å². The molecule has 3 heteroatoms. The first-order valence-electron chi connectivity index (χ1n) is 5.99. The molecule has 0 fully saturated rings. The van der Waals surface area contributed by atoms with Gasteiger partial charge in [0.1, 0.15) is 0 Å². The van der Waals surface area contributed by atoms with Gasteiger partial charge in [-0.3, -0.25) is 0 Å². The van der Waals surface area contributed by atoms with Gasteiger partial charge in [0, 0.05) is 7.11 Å². The lowest BCUT2D eigenvalue weighted by molar-refractivity contribution is -0.235. The van der Waals surface area contributed by atoms with Crippen molar-refractivity contribution < 1.29 is 14.2 Å². The molecule has 0 bridgehead atoms. The topological polar surface area (TPSA) is 27.7 Å². The third-order valence-electron chi connectivity index (χ3n) is 2.51. The van der Waals surface area contributed by atoms with Crippen LogP contribution in [0.1, 0.15) is 26.3 Å². The van der Waals surface area contributed by atoms with Crippen LogP contribution >= 0.6 is 0 Å². The molecule has 3 atom stereocenters. The van der Waals surface area contributed by atoms with Gasteiger partial charge in [-0.25, -0.2) is 0 Å². The number of benzene rings is 1. The van der Waals surface area contributed by atoms with E-state index in [0.29, 0.717) is 0 Å².